The van der Waals surface area contributed by atoms with Crippen molar-refractivity contribution in [2.24, 2.45) is 0 Å². The molecule has 0 radical (unpaired) electrons. The largest absolute Gasteiger partial charge is 0.554 e. The van der Waals surface area contributed by atoms with Gasteiger partial charge in [-0.15, -0.1) is 0 Å². The Morgan fingerprint density at radius 2 is 1.91 bits per heavy atom. The minimum absolute atomic E-state index is 0.105. The fourth-order valence-corrected chi connectivity index (χ4v) is 0.545. The molecular weight excluding hydrogens is 146 g/mol. The van der Waals surface area contributed by atoms with E-state index < -0.39 is 6.47 Å². The molecule has 0 fully saturated rings. The lowest BCUT2D eigenvalue weighted by Gasteiger charge is -2.18. The summed E-state index contributed by atoms with van der Waals surface area (Å²) >= 11 is 0. The standard InChI is InChI=1S/C6H16NO.CH2O2/c1-4-5-6-7(2,3)8;2-1-3/h8H,4-6H2,1-3H3;1H,(H,2,3)/q+1;/p-1. The van der Waals surface area contributed by atoms with Crippen LogP contribution < -0.4 is 5.11 Å². The molecule has 0 rings (SSSR count). The highest BCUT2D eigenvalue weighted by Crippen LogP contribution is 1.94. The molecular formula is C7H17NO3. The van der Waals surface area contributed by atoms with Gasteiger partial charge in [0.1, 0.15) is 6.54 Å². The molecule has 0 aromatic heterocycles. The first-order valence-electron chi connectivity index (χ1n) is 3.59. The monoisotopic (exact) mass is 163 g/mol. The fraction of sp³-hybridized carbons (Fsp3) is 0.857. The van der Waals surface area contributed by atoms with Crippen molar-refractivity contribution in [1.29, 1.82) is 0 Å². The summed E-state index contributed by atoms with van der Waals surface area (Å²) in [6, 6.07) is 0. The molecule has 1 N–H and O–H groups in total. The summed E-state index contributed by atoms with van der Waals surface area (Å²) in [5.74, 6) is 0. The normalized spacial score (nSPS) is 9.82. The average molecular weight is 163 g/mol. The topological polar surface area (TPSA) is 60.4 Å². The van der Waals surface area contributed by atoms with Crippen molar-refractivity contribution >= 4 is 6.47 Å². The Hall–Kier alpha value is -0.610. The second-order valence-corrected chi connectivity index (χ2v) is 2.79. The Bertz CT molecular complexity index is 88.2. The van der Waals surface area contributed by atoms with Gasteiger partial charge in [-0.3, -0.25) is 0 Å². The van der Waals surface area contributed by atoms with Gasteiger partial charge in [0, 0.05) is 6.47 Å². The predicted molar refractivity (Wildman–Crippen MR) is 39.7 cm³/mol. The van der Waals surface area contributed by atoms with Crippen LogP contribution in [0.2, 0.25) is 0 Å². The lowest BCUT2D eigenvalue weighted by atomic mass is 10.3. The third-order valence-electron chi connectivity index (χ3n) is 1.06. The molecule has 0 aromatic rings. The molecule has 0 atom stereocenters. The maximum absolute atomic E-state index is 9.09. The molecule has 0 bridgehead atoms. The summed E-state index contributed by atoms with van der Waals surface area (Å²) in [5.41, 5.74) is 0. The Kier molecular flexibility index (Phi) is 8.87. The lowest BCUT2D eigenvalue weighted by Crippen LogP contribution is -2.35. The molecule has 0 aliphatic rings. The molecule has 0 aliphatic heterocycles. The Balaban J connectivity index is 0. The van der Waals surface area contributed by atoms with Crippen LogP contribution in [0.3, 0.4) is 0 Å². The quantitative estimate of drug-likeness (QED) is 0.350. The van der Waals surface area contributed by atoms with Gasteiger partial charge >= 0.3 is 0 Å². The molecule has 68 valence electrons. The van der Waals surface area contributed by atoms with Crippen LogP contribution in [-0.4, -0.2) is 37.0 Å². The van der Waals surface area contributed by atoms with Crippen LogP contribution in [0.25, 0.3) is 0 Å². The molecule has 0 amide bonds. The average Bonchev–Trinajstić information content (AvgIpc) is 1.84. The van der Waals surface area contributed by atoms with E-state index in [1.807, 2.05) is 0 Å². The van der Waals surface area contributed by atoms with Crippen molar-refractivity contribution < 1.29 is 19.8 Å². The fourth-order valence-electron chi connectivity index (χ4n) is 0.545. The van der Waals surface area contributed by atoms with Crippen molar-refractivity contribution in [2.75, 3.05) is 20.6 Å². The van der Waals surface area contributed by atoms with Gasteiger partial charge in [-0.05, 0) is 6.42 Å². The van der Waals surface area contributed by atoms with Crippen LogP contribution >= 0.6 is 0 Å². The molecule has 0 heterocycles. The zero-order valence-electron chi connectivity index (χ0n) is 7.41. The number of hydrogen-bond acceptors (Lipinski definition) is 3. The van der Waals surface area contributed by atoms with E-state index in [9.17, 15) is 0 Å². The maximum Gasteiger partial charge on any atom is 0.108 e. The highest BCUT2D eigenvalue weighted by Gasteiger charge is 2.06. The van der Waals surface area contributed by atoms with Crippen molar-refractivity contribution in [1.82, 2.24) is 0 Å². The number of rotatable bonds is 3. The molecule has 0 saturated heterocycles. The van der Waals surface area contributed by atoms with E-state index in [1.165, 1.54) is 0 Å². The minimum atomic E-state index is -0.500. The number of carbonyl (C=O) groups is 1. The Labute approximate surface area is 67.6 Å². The molecule has 4 nitrogen and oxygen atoms in total. The molecule has 0 aliphatic carbocycles. The molecule has 0 saturated carbocycles. The van der Waals surface area contributed by atoms with Crippen molar-refractivity contribution in [3.05, 3.63) is 0 Å². The number of nitrogens with zero attached hydrogens (tertiary/aromatic N) is 1. The van der Waals surface area contributed by atoms with Gasteiger partial charge in [0.25, 0.3) is 0 Å². The first-order chi connectivity index (χ1) is 4.97. The van der Waals surface area contributed by atoms with E-state index >= 15 is 0 Å². The summed E-state index contributed by atoms with van der Waals surface area (Å²) in [5, 5.41) is 17.3. The second-order valence-electron chi connectivity index (χ2n) is 2.79. The maximum atomic E-state index is 9.09. The van der Waals surface area contributed by atoms with Crippen LogP contribution in [-0.2, 0) is 4.79 Å². The highest BCUT2D eigenvalue weighted by molar-refractivity contribution is 5.29. The summed E-state index contributed by atoms with van der Waals surface area (Å²) in [6.07, 6.45) is 2.26. The van der Waals surface area contributed by atoms with Gasteiger partial charge < -0.3 is 9.90 Å². The molecule has 0 unspecified atom stereocenters. The van der Waals surface area contributed by atoms with E-state index in [1.54, 1.807) is 14.1 Å². The van der Waals surface area contributed by atoms with Crippen molar-refractivity contribution in [2.45, 2.75) is 19.8 Å². The van der Waals surface area contributed by atoms with Crippen LogP contribution in [0.1, 0.15) is 19.8 Å². The zero-order chi connectivity index (χ0) is 9.33. The Morgan fingerprint density at radius 1 is 1.55 bits per heavy atom. The number of hydroxylamine groups is 3. The van der Waals surface area contributed by atoms with Gasteiger partial charge in [-0.25, -0.2) is 5.21 Å². The third kappa shape index (κ3) is 26.6. The van der Waals surface area contributed by atoms with E-state index in [0.717, 1.165) is 19.4 Å². The third-order valence-corrected chi connectivity index (χ3v) is 1.06. The molecule has 11 heavy (non-hydrogen) atoms. The number of hydrogen-bond donors (Lipinski definition) is 1. The zero-order valence-corrected chi connectivity index (χ0v) is 7.41. The number of quaternary nitrogens is 1. The molecule has 0 spiro atoms. The first-order valence-corrected chi connectivity index (χ1v) is 3.59. The van der Waals surface area contributed by atoms with Crippen molar-refractivity contribution in [3.63, 3.8) is 0 Å². The van der Waals surface area contributed by atoms with E-state index in [0.29, 0.717) is 0 Å². The SMILES string of the molecule is CCCC[N+](C)(C)O.O=C[O-]. The van der Waals surface area contributed by atoms with Crippen molar-refractivity contribution in [3.8, 4) is 0 Å². The lowest BCUT2D eigenvalue weighted by molar-refractivity contribution is -1.07. The highest BCUT2D eigenvalue weighted by atomic mass is 16.5. The van der Waals surface area contributed by atoms with Gasteiger partial charge in [0.2, 0.25) is 0 Å². The minimum Gasteiger partial charge on any atom is -0.554 e. The van der Waals surface area contributed by atoms with E-state index in [2.05, 4.69) is 6.92 Å². The smallest absolute Gasteiger partial charge is 0.108 e. The summed E-state index contributed by atoms with van der Waals surface area (Å²) in [6.45, 7) is 2.48. The Morgan fingerprint density at radius 3 is 2.00 bits per heavy atom. The predicted octanol–water partition coefficient (Wildman–Crippen LogP) is -0.382. The first kappa shape index (κ1) is 13.0. The molecule has 4 heteroatoms. The van der Waals surface area contributed by atoms with Crippen LogP contribution in [0.15, 0.2) is 0 Å². The number of carbonyl (C=O) groups excluding carboxylic acids is 1. The van der Waals surface area contributed by atoms with E-state index in [4.69, 9.17) is 15.1 Å². The van der Waals surface area contributed by atoms with Gasteiger partial charge in [0.05, 0.1) is 14.1 Å². The van der Waals surface area contributed by atoms with Gasteiger partial charge in [-0.2, -0.15) is 4.65 Å². The molecule has 0 aromatic carbocycles. The van der Waals surface area contributed by atoms with E-state index in [-0.39, 0.29) is 4.65 Å². The summed E-state index contributed by atoms with van der Waals surface area (Å²) < 4.78 is 0.105. The second kappa shape index (κ2) is 7.50. The van der Waals surface area contributed by atoms with Crippen LogP contribution in [0.5, 0.6) is 0 Å². The van der Waals surface area contributed by atoms with Gasteiger partial charge in [0.15, 0.2) is 0 Å². The van der Waals surface area contributed by atoms with Gasteiger partial charge in [-0.1, -0.05) is 13.3 Å². The van der Waals surface area contributed by atoms with Crippen LogP contribution in [0, 0.1) is 0 Å². The summed E-state index contributed by atoms with van der Waals surface area (Å²) in [7, 11) is 3.57. The summed E-state index contributed by atoms with van der Waals surface area (Å²) in [4.78, 5) is 8.25. The van der Waals surface area contributed by atoms with Crippen LogP contribution in [0.4, 0.5) is 0 Å². The number of carboxylic acid groups (broad SMARTS) is 1. The number of unbranched alkanes of at least 4 members (excludes halogenated alkanes) is 1.